The van der Waals surface area contributed by atoms with Crippen LogP contribution in [0.25, 0.3) is 0 Å². The summed E-state index contributed by atoms with van der Waals surface area (Å²) in [5.41, 5.74) is 5.69. The smallest absolute Gasteiger partial charge is 0.221 e. The van der Waals surface area contributed by atoms with E-state index in [1.807, 2.05) is 0 Å². The van der Waals surface area contributed by atoms with E-state index < -0.39 is 0 Å². The Bertz CT molecular complexity index is 225. The number of hydrogen-bond donors (Lipinski definition) is 3. The molecule has 1 aliphatic carbocycles. The molecule has 17 heavy (non-hydrogen) atoms. The third-order valence-corrected chi connectivity index (χ3v) is 3.51. The molecule has 0 aromatic rings. The molecule has 0 radical (unpaired) electrons. The quantitative estimate of drug-likeness (QED) is 0.564. The first-order valence-corrected chi connectivity index (χ1v) is 6.92. The van der Waals surface area contributed by atoms with Crippen molar-refractivity contribution in [2.45, 2.75) is 58.0 Å². The van der Waals surface area contributed by atoms with Gasteiger partial charge in [0.1, 0.15) is 0 Å². The topological polar surface area (TPSA) is 67.1 Å². The average molecular weight is 241 g/mol. The Hall–Kier alpha value is -0.610. The van der Waals surface area contributed by atoms with Gasteiger partial charge in [-0.3, -0.25) is 4.79 Å². The summed E-state index contributed by atoms with van der Waals surface area (Å²) < 4.78 is 0. The molecule has 1 saturated carbocycles. The first-order chi connectivity index (χ1) is 8.19. The second kappa shape index (κ2) is 7.67. The Morgan fingerprint density at radius 1 is 1.35 bits per heavy atom. The first kappa shape index (κ1) is 14.5. The van der Waals surface area contributed by atoms with E-state index in [0.717, 1.165) is 19.4 Å². The van der Waals surface area contributed by atoms with Crippen LogP contribution in [0.1, 0.15) is 46.0 Å². The van der Waals surface area contributed by atoms with Crippen LogP contribution in [0.15, 0.2) is 0 Å². The van der Waals surface area contributed by atoms with Crippen LogP contribution in [-0.4, -0.2) is 31.1 Å². The van der Waals surface area contributed by atoms with Crippen LogP contribution in [0.3, 0.4) is 0 Å². The Labute approximate surface area is 105 Å². The Morgan fingerprint density at radius 2 is 2.00 bits per heavy atom. The number of amides is 1. The van der Waals surface area contributed by atoms with Crippen LogP contribution in [-0.2, 0) is 4.79 Å². The fourth-order valence-electron chi connectivity index (χ4n) is 1.89. The van der Waals surface area contributed by atoms with Crippen LogP contribution in [0.5, 0.6) is 0 Å². The fourth-order valence-corrected chi connectivity index (χ4v) is 1.89. The minimum Gasteiger partial charge on any atom is -0.353 e. The predicted molar refractivity (Wildman–Crippen MR) is 70.7 cm³/mol. The molecule has 0 heterocycles. The highest BCUT2D eigenvalue weighted by atomic mass is 16.1. The highest BCUT2D eigenvalue weighted by molar-refractivity contribution is 5.77. The van der Waals surface area contributed by atoms with Gasteiger partial charge in [-0.2, -0.15) is 0 Å². The summed E-state index contributed by atoms with van der Waals surface area (Å²) in [7, 11) is 0. The van der Waals surface area contributed by atoms with Crippen LogP contribution in [0, 0.1) is 5.92 Å². The molecule has 0 aliphatic heterocycles. The second-order valence-electron chi connectivity index (χ2n) is 5.07. The van der Waals surface area contributed by atoms with E-state index in [1.165, 1.54) is 12.8 Å². The lowest BCUT2D eigenvalue weighted by Gasteiger charge is -2.20. The molecule has 0 spiro atoms. The van der Waals surface area contributed by atoms with Gasteiger partial charge in [-0.25, -0.2) is 0 Å². The van der Waals surface area contributed by atoms with Crippen LogP contribution >= 0.6 is 0 Å². The monoisotopic (exact) mass is 241 g/mol. The van der Waals surface area contributed by atoms with Crippen molar-refractivity contribution >= 4 is 5.91 Å². The van der Waals surface area contributed by atoms with Gasteiger partial charge in [-0.1, -0.05) is 26.7 Å². The van der Waals surface area contributed by atoms with E-state index in [9.17, 15) is 4.79 Å². The minimum atomic E-state index is 0.120. The lowest BCUT2D eigenvalue weighted by atomic mass is 10.0. The van der Waals surface area contributed by atoms with E-state index >= 15 is 0 Å². The maximum atomic E-state index is 11.6. The van der Waals surface area contributed by atoms with Gasteiger partial charge in [0.2, 0.25) is 5.91 Å². The van der Waals surface area contributed by atoms with Crippen molar-refractivity contribution in [2.75, 3.05) is 13.1 Å². The van der Waals surface area contributed by atoms with Gasteiger partial charge in [-0.15, -0.1) is 0 Å². The van der Waals surface area contributed by atoms with Gasteiger partial charge in [0.15, 0.2) is 0 Å². The number of nitrogens with one attached hydrogen (secondary N) is 2. The van der Waals surface area contributed by atoms with Gasteiger partial charge in [-0.05, 0) is 25.3 Å². The SMILES string of the molecule is CCC(CC)CNC(CN)CC(=O)NC1CC1. The zero-order valence-corrected chi connectivity index (χ0v) is 11.2. The lowest BCUT2D eigenvalue weighted by Crippen LogP contribution is -2.42. The summed E-state index contributed by atoms with van der Waals surface area (Å²) in [5, 5.41) is 6.41. The van der Waals surface area contributed by atoms with Crippen LogP contribution in [0.4, 0.5) is 0 Å². The average Bonchev–Trinajstić information content (AvgIpc) is 3.12. The van der Waals surface area contributed by atoms with Crippen molar-refractivity contribution in [2.24, 2.45) is 11.7 Å². The summed E-state index contributed by atoms with van der Waals surface area (Å²) in [5.74, 6) is 0.829. The van der Waals surface area contributed by atoms with E-state index in [-0.39, 0.29) is 11.9 Å². The normalized spacial score (nSPS) is 17.2. The molecular weight excluding hydrogens is 214 g/mol. The third-order valence-electron chi connectivity index (χ3n) is 3.51. The largest absolute Gasteiger partial charge is 0.353 e. The molecule has 0 aromatic heterocycles. The van der Waals surface area contributed by atoms with Crippen molar-refractivity contribution in [3.05, 3.63) is 0 Å². The van der Waals surface area contributed by atoms with Gasteiger partial charge >= 0.3 is 0 Å². The van der Waals surface area contributed by atoms with Crippen LogP contribution < -0.4 is 16.4 Å². The zero-order valence-electron chi connectivity index (χ0n) is 11.2. The van der Waals surface area contributed by atoms with Crippen molar-refractivity contribution in [3.8, 4) is 0 Å². The first-order valence-electron chi connectivity index (χ1n) is 6.92. The molecule has 1 aliphatic rings. The highest BCUT2D eigenvalue weighted by Crippen LogP contribution is 2.18. The summed E-state index contributed by atoms with van der Waals surface area (Å²) >= 11 is 0. The molecule has 0 bridgehead atoms. The standard InChI is InChI=1S/C13H27N3O/c1-3-10(4-2)9-15-12(8-14)7-13(17)16-11-5-6-11/h10-12,15H,3-9,14H2,1-2H3,(H,16,17). The molecule has 100 valence electrons. The molecule has 4 heteroatoms. The maximum Gasteiger partial charge on any atom is 0.221 e. The molecule has 4 nitrogen and oxygen atoms in total. The minimum absolute atomic E-state index is 0.120. The zero-order chi connectivity index (χ0) is 12.7. The van der Waals surface area contributed by atoms with Gasteiger partial charge in [0, 0.05) is 25.0 Å². The van der Waals surface area contributed by atoms with Crippen molar-refractivity contribution in [1.82, 2.24) is 10.6 Å². The van der Waals surface area contributed by atoms with Gasteiger partial charge < -0.3 is 16.4 Å². The molecule has 0 aromatic carbocycles. The number of hydrogen-bond acceptors (Lipinski definition) is 3. The van der Waals surface area contributed by atoms with Crippen molar-refractivity contribution in [1.29, 1.82) is 0 Å². The molecular formula is C13H27N3O. The second-order valence-corrected chi connectivity index (χ2v) is 5.07. The number of rotatable bonds is 9. The molecule has 0 saturated heterocycles. The Morgan fingerprint density at radius 3 is 2.47 bits per heavy atom. The number of carbonyl (C=O) groups is 1. The van der Waals surface area contributed by atoms with Crippen molar-refractivity contribution in [3.63, 3.8) is 0 Å². The van der Waals surface area contributed by atoms with E-state index in [1.54, 1.807) is 0 Å². The molecule has 1 fully saturated rings. The van der Waals surface area contributed by atoms with E-state index in [0.29, 0.717) is 24.9 Å². The summed E-state index contributed by atoms with van der Waals surface area (Å²) in [6, 6.07) is 0.564. The third kappa shape index (κ3) is 6.03. The van der Waals surface area contributed by atoms with E-state index in [4.69, 9.17) is 5.73 Å². The van der Waals surface area contributed by atoms with Gasteiger partial charge in [0.25, 0.3) is 0 Å². The van der Waals surface area contributed by atoms with E-state index in [2.05, 4.69) is 24.5 Å². The van der Waals surface area contributed by atoms with Gasteiger partial charge in [0.05, 0.1) is 0 Å². The van der Waals surface area contributed by atoms with Crippen LogP contribution in [0.2, 0.25) is 0 Å². The predicted octanol–water partition coefficient (Wildman–Crippen LogP) is 1.01. The molecule has 1 rings (SSSR count). The number of carbonyl (C=O) groups excluding carboxylic acids is 1. The Balaban J connectivity index is 2.19. The number of nitrogens with two attached hydrogens (primary N) is 1. The Kier molecular flexibility index (Phi) is 6.52. The fraction of sp³-hybridized carbons (Fsp3) is 0.923. The lowest BCUT2D eigenvalue weighted by molar-refractivity contribution is -0.121. The summed E-state index contributed by atoms with van der Waals surface area (Å²) in [6.07, 6.45) is 5.14. The molecule has 1 unspecified atom stereocenters. The summed E-state index contributed by atoms with van der Waals surface area (Å²) in [4.78, 5) is 11.6. The summed E-state index contributed by atoms with van der Waals surface area (Å²) in [6.45, 7) is 5.89. The van der Waals surface area contributed by atoms with Crippen molar-refractivity contribution < 1.29 is 4.79 Å². The molecule has 1 amide bonds. The maximum absolute atomic E-state index is 11.6. The molecule has 4 N–H and O–H groups in total. The highest BCUT2D eigenvalue weighted by Gasteiger charge is 2.24. The molecule has 1 atom stereocenters.